The molecule has 6 nitrogen and oxygen atoms in total. The molecule has 0 atom stereocenters. The fourth-order valence-corrected chi connectivity index (χ4v) is 2.99. The van der Waals surface area contributed by atoms with Crippen molar-refractivity contribution in [3.63, 3.8) is 0 Å². The number of sulfonamides is 1. The highest BCUT2D eigenvalue weighted by atomic mass is 32.2. The van der Waals surface area contributed by atoms with Crippen LogP contribution in [-0.2, 0) is 23.0 Å². The number of benzene rings is 1. The van der Waals surface area contributed by atoms with Gasteiger partial charge in [0.2, 0.25) is 10.0 Å². The zero-order chi connectivity index (χ0) is 16.2. The second kappa shape index (κ2) is 6.69. The van der Waals surface area contributed by atoms with Gasteiger partial charge in [0.1, 0.15) is 11.5 Å². The van der Waals surface area contributed by atoms with Crippen LogP contribution in [0.5, 0.6) is 0 Å². The molecule has 22 heavy (non-hydrogen) atoms. The van der Waals surface area contributed by atoms with Gasteiger partial charge < -0.3 is 0 Å². The van der Waals surface area contributed by atoms with Gasteiger partial charge in [-0.25, -0.2) is 17.8 Å². The molecule has 2 aromatic rings. The molecule has 1 heterocycles. The molecule has 118 valence electrons. The molecule has 0 aliphatic rings. The van der Waals surface area contributed by atoms with E-state index in [-0.39, 0.29) is 17.9 Å². The smallest absolute Gasteiger partial charge is 0.277 e. The Labute approximate surface area is 127 Å². The summed E-state index contributed by atoms with van der Waals surface area (Å²) in [4.78, 5) is 15.8. The van der Waals surface area contributed by atoms with Gasteiger partial charge in [0.25, 0.3) is 5.56 Å². The third-order valence-electron chi connectivity index (χ3n) is 3.06. The molecular weight excluding hydrogens is 309 g/mol. The largest absolute Gasteiger partial charge is 0.298 e. The molecular formula is C14H16FN3O3S. The number of aromatic nitrogens is 2. The van der Waals surface area contributed by atoms with Crippen molar-refractivity contribution in [1.29, 1.82) is 0 Å². The molecule has 0 spiro atoms. The maximum atomic E-state index is 13.1. The van der Waals surface area contributed by atoms with E-state index >= 15 is 0 Å². The Morgan fingerprint density at radius 3 is 2.82 bits per heavy atom. The molecule has 1 aromatic carbocycles. The summed E-state index contributed by atoms with van der Waals surface area (Å²) in [7, 11) is -3.72. The Morgan fingerprint density at radius 2 is 2.14 bits per heavy atom. The number of nitrogens with zero attached hydrogens (tertiary/aromatic N) is 2. The van der Waals surface area contributed by atoms with Gasteiger partial charge in [-0.1, -0.05) is 12.1 Å². The fourth-order valence-electron chi connectivity index (χ4n) is 1.91. The number of halogens is 1. The molecule has 0 bridgehead atoms. The average molecular weight is 325 g/mol. The molecule has 8 heteroatoms. The van der Waals surface area contributed by atoms with Crippen LogP contribution < -0.4 is 10.3 Å². The van der Waals surface area contributed by atoms with Crippen molar-refractivity contribution in [3.05, 3.63) is 58.5 Å². The van der Waals surface area contributed by atoms with E-state index < -0.39 is 21.4 Å². The maximum absolute atomic E-state index is 13.1. The van der Waals surface area contributed by atoms with E-state index in [0.29, 0.717) is 12.1 Å². The third kappa shape index (κ3) is 4.14. The van der Waals surface area contributed by atoms with Crippen LogP contribution >= 0.6 is 0 Å². The first-order valence-corrected chi connectivity index (χ1v) is 8.36. The second-order valence-electron chi connectivity index (χ2n) is 4.70. The van der Waals surface area contributed by atoms with E-state index in [1.807, 2.05) is 0 Å². The lowest BCUT2D eigenvalue weighted by molar-refractivity contribution is 0.599. The van der Waals surface area contributed by atoms with Crippen LogP contribution in [0.2, 0.25) is 0 Å². The lowest BCUT2D eigenvalue weighted by Crippen LogP contribution is -2.27. The van der Waals surface area contributed by atoms with E-state index in [1.165, 1.54) is 35.3 Å². The molecule has 0 saturated heterocycles. The monoisotopic (exact) mass is 325 g/mol. The summed E-state index contributed by atoms with van der Waals surface area (Å²) in [6.07, 6.45) is 2.66. The topological polar surface area (TPSA) is 81.1 Å². The standard InChI is InChI=1S/C14H16FN3O3S/c1-2-18-10-16-9-13(14(18)19)17-22(20,21)7-6-11-4-3-5-12(15)8-11/h3-5,8-10,17H,2,6-7H2,1H3. The molecule has 0 unspecified atom stereocenters. The molecule has 0 radical (unpaired) electrons. The molecule has 0 aliphatic heterocycles. The minimum absolute atomic E-state index is 0.0939. The Morgan fingerprint density at radius 1 is 1.36 bits per heavy atom. The molecule has 0 fully saturated rings. The summed E-state index contributed by atoms with van der Waals surface area (Å²) in [5.74, 6) is -0.669. The summed E-state index contributed by atoms with van der Waals surface area (Å²) >= 11 is 0. The van der Waals surface area contributed by atoms with Gasteiger partial charge in [-0.2, -0.15) is 0 Å². The lowest BCUT2D eigenvalue weighted by Gasteiger charge is -2.09. The highest BCUT2D eigenvalue weighted by molar-refractivity contribution is 7.92. The molecule has 0 saturated carbocycles. The Bertz CT molecular complexity index is 818. The van der Waals surface area contributed by atoms with Crippen molar-refractivity contribution < 1.29 is 12.8 Å². The van der Waals surface area contributed by atoms with E-state index in [1.54, 1.807) is 13.0 Å². The average Bonchev–Trinajstić information content (AvgIpc) is 2.47. The quantitative estimate of drug-likeness (QED) is 0.870. The third-order valence-corrected chi connectivity index (χ3v) is 4.33. The highest BCUT2D eigenvalue weighted by Gasteiger charge is 2.14. The Kier molecular flexibility index (Phi) is 4.92. The summed E-state index contributed by atoms with van der Waals surface area (Å²) in [5, 5.41) is 0. The van der Waals surface area contributed by atoms with Crippen LogP contribution in [0.3, 0.4) is 0 Å². The lowest BCUT2D eigenvalue weighted by atomic mass is 10.2. The van der Waals surface area contributed by atoms with Crippen LogP contribution in [0.15, 0.2) is 41.6 Å². The number of aryl methyl sites for hydroxylation is 2. The summed E-state index contributed by atoms with van der Waals surface area (Å²) in [6.45, 7) is 2.15. The first-order chi connectivity index (χ1) is 10.4. The van der Waals surface area contributed by atoms with E-state index in [0.717, 1.165) is 0 Å². The van der Waals surface area contributed by atoms with Gasteiger partial charge >= 0.3 is 0 Å². The van der Waals surface area contributed by atoms with Crippen molar-refractivity contribution in [3.8, 4) is 0 Å². The van der Waals surface area contributed by atoms with Gasteiger partial charge in [-0.05, 0) is 31.0 Å². The molecule has 0 aliphatic carbocycles. The van der Waals surface area contributed by atoms with Gasteiger partial charge in [0.15, 0.2) is 0 Å². The number of hydrogen-bond donors (Lipinski definition) is 1. The highest BCUT2D eigenvalue weighted by Crippen LogP contribution is 2.07. The van der Waals surface area contributed by atoms with Crippen LogP contribution in [0.1, 0.15) is 12.5 Å². The number of nitrogens with one attached hydrogen (secondary N) is 1. The van der Waals surface area contributed by atoms with Crippen molar-refractivity contribution >= 4 is 15.7 Å². The minimum Gasteiger partial charge on any atom is -0.298 e. The fraction of sp³-hybridized carbons (Fsp3) is 0.286. The molecule has 1 aromatic heterocycles. The Hall–Kier alpha value is -2.22. The van der Waals surface area contributed by atoms with Gasteiger partial charge in [0, 0.05) is 6.54 Å². The minimum atomic E-state index is -3.72. The van der Waals surface area contributed by atoms with Crippen molar-refractivity contribution in [2.45, 2.75) is 19.9 Å². The van der Waals surface area contributed by atoms with Crippen LogP contribution in [-0.4, -0.2) is 23.7 Å². The van der Waals surface area contributed by atoms with Gasteiger partial charge in [-0.15, -0.1) is 0 Å². The van der Waals surface area contributed by atoms with Gasteiger partial charge in [-0.3, -0.25) is 14.1 Å². The molecule has 2 rings (SSSR count). The molecule has 1 N–H and O–H groups in total. The van der Waals surface area contributed by atoms with Crippen molar-refractivity contribution in [1.82, 2.24) is 9.55 Å². The first-order valence-electron chi connectivity index (χ1n) is 6.70. The number of rotatable bonds is 6. The predicted octanol–water partition coefficient (Wildman–Crippen LogP) is 1.39. The van der Waals surface area contributed by atoms with Crippen LogP contribution in [0, 0.1) is 5.82 Å². The summed E-state index contributed by atoms with van der Waals surface area (Å²) < 4.78 is 40.6. The van der Waals surface area contributed by atoms with Crippen molar-refractivity contribution in [2.75, 3.05) is 10.5 Å². The zero-order valence-corrected chi connectivity index (χ0v) is 12.8. The number of anilines is 1. The van der Waals surface area contributed by atoms with E-state index in [2.05, 4.69) is 9.71 Å². The van der Waals surface area contributed by atoms with E-state index in [9.17, 15) is 17.6 Å². The second-order valence-corrected chi connectivity index (χ2v) is 6.54. The van der Waals surface area contributed by atoms with E-state index in [4.69, 9.17) is 0 Å². The number of hydrogen-bond acceptors (Lipinski definition) is 4. The summed E-state index contributed by atoms with van der Waals surface area (Å²) in [5.41, 5.74) is 0.0259. The predicted molar refractivity (Wildman–Crippen MR) is 81.7 cm³/mol. The normalized spacial score (nSPS) is 11.4. The van der Waals surface area contributed by atoms with Crippen LogP contribution in [0.4, 0.5) is 10.1 Å². The van der Waals surface area contributed by atoms with Crippen molar-refractivity contribution in [2.24, 2.45) is 0 Å². The first kappa shape index (κ1) is 16.2. The molecule has 0 amide bonds. The maximum Gasteiger partial charge on any atom is 0.277 e. The van der Waals surface area contributed by atoms with Crippen LogP contribution in [0.25, 0.3) is 0 Å². The van der Waals surface area contributed by atoms with Gasteiger partial charge in [0.05, 0.1) is 18.3 Å². The zero-order valence-electron chi connectivity index (χ0n) is 12.0. The SMILES string of the molecule is CCn1cncc(NS(=O)(=O)CCc2cccc(F)c2)c1=O. The summed E-state index contributed by atoms with van der Waals surface area (Å²) in [6, 6.07) is 5.74. The Balaban J connectivity index is 2.10.